The molecule has 168 valence electrons. The van der Waals surface area contributed by atoms with Gasteiger partial charge in [0.2, 0.25) is 5.75 Å². The Hall–Kier alpha value is -3.59. The molecule has 0 aliphatic rings. The summed E-state index contributed by atoms with van der Waals surface area (Å²) in [7, 11) is 4.37. The average molecular weight is 459 g/mol. The standard InChI is InChI=1S/C23H22FNO6S/c1-5-31-23(27)19-16(13-6-8-15(24)9-7-13)12-32-22(19)25-21(26)14-10-17(28-2)20(30-4)18(11-14)29-3/h6-12H,5H2,1-4H3,(H,25,26). The highest BCUT2D eigenvalue weighted by atomic mass is 32.1. The third-order valence-corrected chi connectivity index (χ3v) is 5.48. The number of rotatable bonds is 8. The SMILES string of the molecule is CCOC(=O)c1c(-c2ccc(F)cc2)csc1NC(=O)c1cc(OC)c(OC)c(OC)c1. The first kappa shape index (κ1) is 23.1. The normalized spacial score (nSPS) is 10.4. The van der Waals surface area contributed by atoms with Crippen LogP contribution in [0.3, 0.4) is 0 Å². The number of ether oxygens (including phenoxy) is 4. The molecule has 0 saturated carbocycles. The van der Waals surface area contributed by atoms with E-state index in [1.165, 1.54) is 56.9 Å². The second kappa shape index (κ2) is 10.1. The van der Waals surface area contributed by atoms with Crippen molar-refractivity contribution in [3.63, 3.8) is 0 Å². The van der Waals surface area contributed by atoms with Crippen LogP contribution in [-0.2, 0) is 4.74 Å². The van der Waals surface area contributed by atoms with Crippen molar-refractivity contribution in [2.45, 2.75) is 6.92 Å². The third-order valence-electron chi connectivity index (χ3n) is 4.58. The topological polar surface area (TPSA) is 83.1 Å². The lowest BCUT2D eigenvalue weighted by Gasteiger charge is -2.14. The van der Waals surface area contributed by atoms with Gasteiger partial charge in [-0.2, -0.15) is 0 Å². The van der Waals surface area contributed by atoms with Crippen LogP contribution in [0.5, 0.6) is 17.2 Å². The Bertz CT molecular complexity index is 1100. The largest absolute Gasteiger partial charge is 0.493 e. The van der Waals surface area contributed by atoms with Gasteiger partial charge in [-0.1, -0.05) is 12.1 Å². The summed E-state index contributed by atoms with van der Waals surface area (Å²) in [5.41, 5.74) is 1.60. The maximum absolute atomic E-state index is 13.3. The molecule has 0 atom stereocenters. The molecule has 0 fully saturated rings. The number of hydrogen-bond acceptors (Lipinski definition) is 7. The molecule has 1 amide bonds. The fourth-order valence-electron chi connectivity index (χ4n) is 3.09. The molecule has 0 aliphatic carbocycles. The van der Waals surface area contributed by atoms with Crippen LogP contribution in [0.25, 0.3) is 11.1 Å². The van der Waals surface area contributed by atoms with E-state index in [4.69, 9.17) is 18.9 Å². The number of carbonyl (C=O) groups is 2. The molecule has 0 bridgehead atoms. The molecule has 0 radical (unpaired) electrons. The number of esters is 1. The summed E-state index contributed by atoms with van der Waals surface area (Å²) >= 11 is 1.17. The monoisotopic (exact) mass is 459 g/mol. The highest BCUT2D eigenvalue weighted by molar-refractivity contribution is 7.15. The van der Waals surface area contributed by atoms with Crippen LogP contribution in [0, 0.1) is 5.82 Å². The summed E-state index contributed by atoms with van der Waals surface area (Å²) < 4.78 is 34.4. The number of amides is 1. The molecule has 1 aromatic heterocycles. The van der Waals surface area contributed by atoms with Crippen molar-refractivity contribution in [1.29, 1.82) is 0 Å². The zero-order valence-electron chi connectivity index (χ0n) is 18.0. The van der Waals surface area contributed by atoms with Gasteiger partial charge >= 0.3 is 5.97 Å². The van der Waals surface area contributed by atoms with Gasteiger partial charge in [0.25, 0.3) is 5.91 Å². The van der Waals surface area contributed by atoms with Crippen LogP contribution in [0.15, 0.2) is 41.8 Å². The Morgan fingerprint density at radius 2 is 1.62 bits per heavy atom. The van der Waals surface area contributed by atoms with Crippen LogP contribution in [0.4, 0.5) is 9.39 Å². The number of halogens is 1. The minimum Gasteiger partial charge on any atom is -0.493 e. The van der Waals surface area contributed by atoms with Crippen LogP contribution < -0.4 is 19.5 Å². The predicted octanol–water partition coefficient (Wildman–Crippen LogP) is 5.01. The molecule has 2 aromatic carbocycles. The summed E-state index contributed by atoms with van der Waals surface area (Å²) in [6.45, 7) is 1.85. The average Bonchev–Trinajstić information content (AvgIpc) is 3.22. The van der Waals surface area contributed by atoms with E-state index in [1.54, 1.807) is 24.4 Å². The molecule has 1 heterocycles. The van der Waals surface area contributed by atoms with E-state index >= 15 is 0 Å². The molecule has 0 unspecified atom stereocenters. The molecule has 9 heteroatoms. The van der Waals surface area contributed by atoms with Crippen molar-refractivity contribution >= 4 is 28.2 Å². The summed E-state index contributed by atoms with van der Waals surface area (Å²) in [6.07, 6.45) is 0. The van der Waals surface area contributed by atoms with Crippen molar-refractivity contribution in [2.75, 3.05) is 33.3 Å². The lowest BCUT2D eigenvalue weighted by molar-refractivity contribution is 0.0529. The Balaban J connectivity index is 2.01. The zero-order chi connectivity index (χ0) is 23.3. The Kier molecular flexibility index (Phi) is 7.32. The van der Waals surface area contributed by atoms with Crippen molar-refractivity contribution in [3.8, 4) is 28.4 Å². The van der Waals surface area contributed by atoms with Crippen molar-refractivity contribution < 1.29 is 32.9 Å². The number of hydrogen-bond donors (Lipinski definition) is 1. The van der Waals surface area contributed by atoms with E-state index in [0.717, 1.165) is 0 Å². The number of anilines is 1. The third kappa shape index (κ3) is 4.67. The minimum absolute atomic E-state index is 0.164. The van der Waals surface area contributed by atoms with Gasteiger partial charge in [-0.25, -0.2) is 9.18 Å². The van der Waals surface area contributed by atoms with Gasteiger partial charge in [0.05, 0.1) is 27.9 Å². The van der Waals surface area contributed by atoms with E-state index in [-0.39, 0.29) is 17.7 Å². The summed E-state index contributed by atoms with van der Waals surface area (Å²) in [5.74, 6) is -0.469. The first-order valence-electron chi connectivity index (χ1n) is 9.59. The van der Waals surface area contributed by atoms with Gasteiger partial charge in [-0.3, -0.25) is 4.79 Å². The summed E-state index contributed by atoms with van der Waals surface area (Å²) in [6, 6.07) is 8.74. The van der Waals surface area contributed by atoms with Crippen LogP contribution >= 0.6 is 11.3 Å². The second-order valence-corrected chi connectivity index (χ2v) is 7.33. The van der Waals surface area contributed by atoms with Gasteiger partial charge < -0.3 is 24.3 Å². The Morgan fingerprint density at radius 3 is 2.16 bits per heavy atom. The second-order valence-electron chi connectivity index (χ2n) is 6.45. The van der Waals surface area contributed by atoms with E-state index < -0.39 is 17.7 Å². The fraction of sp³-hybridized carbons (Fsp3) is 0.217. The van der Waals surface area contributed by atoms with Gasteiger partial charge in [-0.15, -0.1) is 11.3 Å². The van der Waals surface area contributed by atoms with Gasteiger partial charge in [0.15, 0.2) is 11.5 Å². The van der Waals surface area contributed by atoms with E-state index in [0.29, 0.717) is 33.4 Å². The zero-order valence-corrected chi connectivity index (χ0v) is 18.8. The van der Waals surface area contributed by atoms with E-state index in [1.807, 2.05) is 0 Å². The van der Waals surface area contributed by atoms with Crippen molar-refractivity contribution in [3.05, 3.63) is 58.7 Å². The van der Waals surface area contributed by atoms with E-state index in [9.17, 15) is 14.0 Å². The van der Waals surface area contributed by atoms with Gasteiger partial charge in [0.1, 0.15) is 16.4 Å². The fourth-order valence-corrected chi connectivity index (χ4v) is 4.04. The molecular weight excluding hydrogens is 437 g/mol. The Labute approximate surface area is 188 Å². The van der Waals surface area contributed by atoms with Gasteiger partial charge in [-0.05, 0) is 36.8 Å². The number of benzene rings is 2. The van der Waals surface area contributed by atoms with Gasteiger partial charge in [0, 0.05) is 16.5 Å². The number of carbonyl (C=O) groups excluding carboxylic acids is 2. The molecule has 3 rings (SSSR count). The molecule has 7 nitrogen and oxygen atoms in total. The first-order valence-corrected chi connectivity index (χ1v) is 10.5. The molecule has 0 aliphatic heterocycles. The van der Waals surface area contributed by atoms with Crippen molar-refractivity contribution in [1.82, 2.24) is 0 Å². The Morgan fingerprint density at radius 1 is 1.00 bits per heavy atom. The molecule has 0 spiro atoms. The maximum atomic E-state index is 13.3. The number of methoxy groups -OCH3 is 3. The highest BCUT2D eigenvalue weighted by Crippen LogP contribution is 2.40. The predicted molar refractivity (Wildman–Crippen MR) is 120 cm³/mol. The smallest absolute Gasteiger partial charge is 0.341 e. The molecule has 32 heavy (non-hydrogen) atoms. The molecular formula is C23H22FNO6S. The molecule has 0 saturated heterocycles. The van der Waals surface area contributed by atoms with Crippen LogP contribution in [-0.4, -0.2) is 39.8 Å². The minimum atomic E-state index is -0.590. The molecule has 1 N–H and O–H groups in total. The molecule has 3 aromatic rings. The number of nitrogens with one attached hydrogen (secondary N) is 1. The van der Waals surface area contributed by atoms with Crippen LogP contribution in [0.2, 0.25) is 0 Å². The van der Waals surface area contributed by atoms with Crippen molar-refractivity contribution in [2.24, 2.45) is 0 Å². The quantitative estimate of drug-likeness (QED) is 0.477. The summed E-state index contributed by atoms with van der Waals surface area (Å²) in [5, 5.41) is 4.78. The lowest BCUT2D eigenvalue weighted by Crippen LogP contribution is -2.15. The first-order chi connectivity index (χ1) is 15.4. The van der Waals surface area contributed by atoms with Crippen LogP contribution in [0.1, 0.15) is 27.6 Å². The lowest BCUT2D eigenvalue weighted by atomic mass is 10.0. The maximum Gasteiger partial charge on any atom is 0.341 e. The highest BCUT2D eigenvalue weighted by Gasteiger charge is 2.24. The summed E-state index contributed by atoms with van der Waals surface area (Å²) in [4.78, 5) is 25.7. The number of thiophene rings is 1. The van der Waals surface area contributed by atoms with E-state index in [2.05, 4.69) is 5.32 Å².